The number of ether oxygens (including phenoxy) is 1. The zero-order valence-corrected chi connectivity index (χ0v) is 13.9. The first kappa shape index (κ1) is 15.1. The van der Waals surface area contributed by atoms with Crippen LogP contribution in [0.4, 0.5) is 0 Å². The van der Waals surface area contributed by atoms with Crippen molar-refractivity contribution in [2.75, 3.05) is 13.2 Å². The summed E-state index contributed by atoms with van der Waals surface area (Å²) in [6.07, 6.45) is 3.35. The fourth-order valence-corrected chi connectivity index (χ4v) is 5.70. The van der Waals surface area contributed by atoms with Gasteiger partial charge in [-0.3, -0.25) is 9.89 Å². The molecule has 8 nitrogen and oxygen atoms in total. The fourth-order valence-electron chi connectivity index (χ4n) is 4.14. The first-order chi connectivity index (χ1) is 10.9. The molecule has 126 valence electrons. The van der Waals surface area contributed by atoms with E-state index in [-0.39, 0.29) is 29.2 Å². The Morgan fingerprint density at radius 2 is 2.26 bits per heavy atom. The standard InChI is InChI=1S/C14H20N4O4S/c1-9(2)11-8-22-14-3-4-17(12(14)5-13(19)18(11)14)23(20,21)10-6-15-16-7-10/h6-7,9,11-12H,3-5,8H2,1-2H3,(H,15,16)/t11-,12+,14-/m0/s1. The van der Waals surface area contributed by atoms with E-state index in [9.17, 15) is 13.2 Å². The predicted octanol–water partition coefficient (Wildman–Crippen LogP) is 0.156. The van der Waals surface area contributed by atoms with Crippen molar-refractivity contribution in [2.45, 2.75) is 49.4 Å². The summed E-state index contributed by atoms with van der Waals surface area (Å²) in [5, 5.41) is 6.25. The zero-order chi connectivity index (χ0) is 16.4. The van der Waals surface area contributed by atoms with Gasteiger partial charge in [0.1, 0.15) is 4.90 Å². The molecule has 3 atom stereocenters. The fraction of sp³-hybridized carbons (Fsp3) is 0.714. The molecular formula is C14H20N4O4S. The number of rotatable bonds is 3. The summed E-state index contributed by atoms with van der Waals surface area (Å²) >= 11 is 0. The lowest BCUT2D eigenvalue weighted by atomic mass is 10.0. The van der Waals surface area contributed by atoms with Crippen molar-refractivity contribution in [3.8, 4) is 0 Å². The van der Waals surface area contributed by atoms with Gasteiger partial charge in [-0.15, -0.1) is 0 Å². The highest BCUT2D eigenvalue weighted by atomic mass is 32.2. The lowest BCUT2D eigenvalue weighted by Gasteiger charge is -2.34. The van der Waals surface area contributed by atoms with Gasteiger partial charge in [0, 0.05) is 25.6 Å². The van der Waals surface area contributed by atoms with Crippen molar-refractivity contribution < 1.29 is 17.9 Å². The minimum atomic E-state index is -3.67. The molecule has 9 heteroatoms. The van der Waals surface area contributed by atoms with Crippen LogP contribution in [-0.2, 0) is 19.6 Å². The lowest BCUT2D eigenvalue weighted by Crippen LogP contribution is -2.51. The van der Waals surface area contributed by atoms with E-state index in [4.69, 9.17) is 4.74 Å². The van der Waals surface area contributed by atoms with Crippen LogP contribution in [0.25, 0.3) is 0 Å². The number of nitrogens with zero attached hydrogens (tertiary/aromatic N) is 3. The topological polar surface area (TPSA) is 95.6 Å². The van der Waals surface area contributed by atoms with Gasteiger partial charge < -0.3 is 9.64 Å². The number of hydrogen-bond acceptors (Lipinski definition) is 5. The van der Waals surface area contributed by atoms with E-state index in [1.165, 1.54) is 16.7 Å². The quantitative estimate of drug-likeness (QED) is 0.845. The molecule has 3 saturated heterocycles. The second-order valence-corrected chi connectivity index (χ2v) is 8.64. The molecule has 0 bridgehead atoms. The van der Waals surface area contributed by atoms with E-state index in [0.717, 1.165) is 0 Å². The molecule has 4 rings (SSSR count). The van der Waals surface area contributed by atoms with Crippen LogP contribution < -0.4 is 0 Å². The maximum Gasteiger partial charge on any atom is 0.246 e. The average Bonchev–Trinajstić information content (AvgIpc) is 3.20. The van der Waals surface area contributed by atoms with Crippen molar-refractivity contribution in [1.29, 1.82) is 0 Å². The molecule has 1 aromatic rings. The van der Waals surface area contributed by atoms with Gasteiger partial charge in [-0.05, 0) is 5.92 Å². The van der Waals surface area contributed by atoms with E-state index in [1.807, 2.05) is 4.90 Å². The normalized spacial score (nSPS) is 34.4. The Morgan fingerprint density at radius 3 is 2.91 bits per heavy atom. The van der Waals surface area contributed by atoms with Crippen molar-refractivity contribution in [3.63, 3.8) is 0 Å². The van der Waals surface area contributed by atoms with Crippen LogP contribution in [0.3, 0.4) is 0 Å². The summed E-state index contributed by atoms with van der Waals surface area (Å²) in [4.78, 5) is 14.5. The molecule has 0 unspecified atom stereocenters. The molecule has 23 heavy (non-hydrogen) atoms. The van der Waals surface area contributed by atoms with E-state index in [2.05, 4.69) is 24.0 Å². The van der Waals surface area contributed by atoms with Crippen LogP contribution in [0.1, 0.15) is 26.7 Å². The Balaban J connectivity index is 1.71. The second kappa shape index (κ2) is 4.78. The predicted molar refractivity (Wildman–Crippen MR) is 79.7 cm³/mol. The Kier molecular flexibility index (Phi) is 3.14. The molecule has 1 spiro atoms. The minimum Gasteiger partial charge on any atom is -0.352 e. The highest BCUT2D eigenvalue weighted by molar-refractivity contribution is 7.89. The monoisotopic (exact) mass is 340 g/mol. The van der Waals surface area contributed by atoms with E-state index >= 15 is 0 Å². The maximum atomic E-state index is 12.8. The summed E-state index contributed by atoms with van der Waals surface area (Å²) in [6.45, 7) is 4.94. The van der Waals surface area contributed by atoms with Gasteiger partial charge in [0.25, 0.3) is 0 Å². The van der Waals surface area contributed by atoms with Gasteiger partial charge in [0.15, 0.2) is 5.72 Å². The average molecular weight is 340 g/mol. The summed E-state index contributed by atoms with van der Waals surface area (Å²) in [5.41, 5.74) is -0.789. The highest BCUT2D eigenvalue weighted by Gasteiger charge is 2.66. The third kappa shape index (κ3) is 1.87. The summed E-state index contributed by atoms with van der Waals surface area (Å²) in [5.74, 6) is 0.259. The van der Waals surface area contributed by atoms with Gasteiger partial charge in [-0.1, -0.05) is 13.8 Å². The summed E-state index contributed by atoms with van der Waals surface area (Å²) < 4.78 is 33.1. The molecule has 1 N–H and O–H groups in total. The molecule has 0 radical (unpaired) electrons. The molecule has 0 aromatic carbocycles. The van der Waals surface area contributed by atoms with Crippen LogP contribution in [0.15, 0.2) is 17.3 Å². The number of aromatic nitrogens is 2. The number of amides is 1. The Morgan fingerprint density at radius 1 is 1.48 bits per heavy atom. The van der Waals surface area contributed by atoms with E-state index in [1.54, 1.807) is 0 Å². The van der Waals surface area contributed by atoms with Crippen molar-refractivity contribution >= 4 is 15.9 Å². The minimum absolute atomic E-state index is 0.0155. The van der Waals surface area contributed by atoms with E-state index in [0.29, 0.717) is 19.6 Å². The first-order valence-corrected chi connectivity index (χ1v) is 9.29. The van der Waals surface area contributed by atoms with E-state index < -0.39 is 21.8 Å². The van der Waals surface area contributed by atoms with Gasteiger partial charge >= 0.3 is 0 Å². The Labute approximate surface area is 134 Å². The lowest BCUT2D eigenvalue weighted by molar-refractivity contribution is -0.139. The van der Waals surface area contributed by atoms with Crippen LogP contribution in [0, 0.1) is 5.92 Å². The second-order valence-electron chi connectivity index (χ2n) is 6.75. The SMILES string of the molecule is CC(C)[C@@H]1CO[C@@]23CCN(S(=O)(=O)c4cn[nH]c4)[C@@H]2CC(=O)N13. The molecular weight excluding hydrogens is 320 g/mol. The smallest absolute Gasteiger partial charge is 0.246 e. The molecule has 1 amide bonds. The number of aromatic amines is 1. The molecule has 3 aliphatic rings. The Bertz CT molecular complexity index is 732. The van der Waals surface area contributed by atoms with Gasteiger partial charge in [-0.2, -0.15) is 9.40 Å². The molecule has 4 heterocycles. The van der Waals surface area contributed by atoms with Crippen LogP contribution >= 0.6 is 0 Å². The largest absolute Gasteiger partial charge is 0.352 e. The van der Waals surface area contributed by atoms with Gasteiger partial charge in [0.05, 0.1) is 24.9 Å². The number of hydrogen-bond donors (Lipinski definition) is 1. The number of H-pyrrole nitrogens is 1. The molecule has 0 aliphatic carbocycles. The number of nitrogens with one attached hydrogen (secondary N) is 1. The van der Waals surface area contributed by atoms with Crippen LogP contribution in [-0.4, -0.2) is 64.7 Å². The van der Waals surface area contributed by atoms with Gasteiger partial charge in [0.2, 0.25) is 15.9 Å². The highest BCUT2D eigenvalue weighted by Crippen LogP contribution is 2.50. The molecule has 3 fully saturated rings. The zero-order valence-electron chi connectivity index (χ0n) is 13.1. The number of carbonyl (C=O) groups excluding carboxylic acids is 1. The first-order valence-electron chi connectivity index (χ1n) is 7.84. The Hall–Kier alpha value is -1.45. The maximum absolute atomic E-state index is 12.8. The third-order valence-corrected chi connectivity index (χ3v) is 7.16. The summed E-state index contributed by atoms with van der Waals surface area (Å²) in [7, 11) is -3.67. The molecule has 0 saturated carbocycles. The van der Waals surface area contributed by atoms with Crippen molar-refractivity contribution in [2.24, 2.45) is 5.92 Å². The van der Waals surface area contributed by atoms with Crippen LogP contribution in [0.2, 0.25) is 0 Å². The molecule has 3 aliphatic heterocycles. The summed E-state index contributed by atoms with van der Waals surface area (Å²) in [6, 6.07) is -0.442. The van der Waals surface area contributed by atoms with Crippen molar-refractivity contribution in [1.82, 2.24) is 19.4 Å². The third-order valence-electron chi connectivity index (χ3n) is 5.29. The molecule has 1 aromatic heterocycles. The van der Waals surface area contributed by atoms with Crippen LogP contribution in [0.5, 0.6) is 0 Å². The number of carbonyl (C=O) groups is 1. The number of sulfonamides is 1. The van der Waals surface area contributed by atoms with Gasteiger partial charge in [-0.25, -0.2) is 8.42 Å². The van der Waals surface area contributed by atoms with Crippen molar-refractivity contribution in [3.05, 3.63) is 12.4 Å².